The summed E-state index contributed by atoms with van der Waals surface area (Å²) in [5, 5.41) is 0. The molecule has 4 heteroatoms. The zero-order valence-electron chi connectivity index (χ0n) is 12.9. The smallest absolute Gasteiger partial charge is 0.429 e. The van der Waals surface area contributed by atoms with Gasteiger partial charge in [0.15, 0.2) is 0 Å². The first kappa shape index (κ1) is 16.3. The molecule has 0 aliphatic heterocycles. The molecule has 0 spiro atoms. The fourth-order valence-corrected chi connectivity index (χ4v) is 2.33. The van der Waals surface area contributed by atoms with Gasteiger partial charge in [0.25, 0.3) is 0 Å². The summed E-state index contributed by atoms with van der Waals surface area (Å²) < 4.78 is 5.72. The van der Waals surface area contributed by atoms with Gasteiger partial charge in [-0.25, -0.2) is 0 Å². The molecule has 0 saturated heterocycles. The lowest BCUT2D eigenvalue weighted by Crippen LogP contribution is -2.49. The van der Waals surface area contributed by atoms with Crippen LogP contribution in [0.15, 0.2) is 60.7 Å². The van der Waals surface area contributed by atoms with Crippen molar-refractivity contribution in [1.82, 2.24) is 0 Å². The molecule has 0 radical (unpaired) electrons. The van der Waals surface area contributed by atoms with Gasteiger partial charge in [-0.15, -0.1) is 0 Å². The molecule has 0 aliphatic carbocycles. The van der Waals surface area contributed by atoms with Crippen molar-refractivity contribution in [1.29, 1.82) is 0 Å². The Morgan fingerprint density at radius 2 is 1.55 bits per heavy atom. The van der Waals surface area contributed by atoms with E-state index in [1.54, 1.807) is 0 Å². The summed E-state index contributed by atoms with van der Waals surface area (Å²) in [6.45, 7) is 1.66. The third-order valence-electron chi connectivity index (χ3n) is 3.61. The summed E-state index contributed by atoms with van der Waals surface area (Å²) in [6.07, 6.45) is 2.60. The van der Waals surface area contributed by atoms with Crippen LogP contribution in [0.2, 0.25) is 0 Å². The molecule has 114 valence electrons. The van der Waals surface area contributed by atoms with Crippen LogP contribution in [0.1, 0.15) is 26.2 Å². The van der Waals surface area contributed by atoms with Gasteiger partial charge in [0.1, 0.15) is 6.04 Å². The highest BCUT2D eigenvalue weighted by atomic mass is 16.5. The van der Waals surface area contributed by atoms with Crippen molar-refractivity contribution in [2.75, 3.05) is 0 Å². The Labute approximate surface area is 132 Å². The Balaban J connectivity index is 2.17. The zero-order chi connectivity index (χ0) is 15.8. The van der Waals surface area contributed by atoms with Crippen LogP contribution in [0.4, 0.5) is 0 Å². The summed E-state index contributed by atoms with van der Waals surface area (Å²) in [5.41, 5.74) is 7.83. The van der Waals surface area contributed by atoms with Crippen LogP contribution in [0, 0.1) is 0 Å². The maximum Gasteiger partial charge on any atom is 0.429 e. The molecular formula is C18H22BNO2. The Morgan fingerprint density at radius 1 is 1.05 bits per heavy atom. The Kier molecular flexibility index (Phi) is 6.22. The van der Waals surface area contributed by atoms with Gasteiger partial charge in [-0.05, 0) is 17.3 Å². The minimum absolute atomic E-state index is 0.342. The molecule has 0 heterocycles. The SMILES string of the molecule is CCCCC(N)C(=O)OB(c1ccccc1)c1ccccc1. The van der Waals surface area contributed by atoms with Crippen molar-refractivity contribution in [2.45, 2.75) is 32.2 Å². The van der Waals surface area contributed by atoms with E-state index in [1.165, 1.54) is 0 Å². The Hall–Kier alpha value is -2.07. The Bertz CT molecular complexity index is 535. The van der Waals surface area contributed by atoms with Crippen LogP contribution in [0.25, 0.3) is 0 Å². The summed E-state index contributed by atoms with van der Waals surface area (Å²) in [5.74, 6) is -0.342. The highest BCUT2D eigenvalue weighted by Gasteiger charge is 2.27. The van der Waals surface area contributed by atoms with Gasteiger partial charge in [0.05, 0.1) is 0 Å². The highest BCUT2D eigenvalue weighted by Crippen LogP contribution is 2.02. The largest absolute Gasteiger partial charge is 0.525 e. The second-order valence-electron chi connectivity index (χ2n) is 5.39. The van der Waals surface area contributed by atoms with Gasteiger partial charge < -0.3 is 10.4 Å². The first-order chi connectivity index (χ1) is 10.7. The van der Waals surface area contributed by atoms with Crippen LogP contribution >= 0.6 is 0 Å². The lowest BCUT2D eigenvalue weighted by molar-refractivity contribution is -0.136. The van der Waals surface area contributed by atoms with Crippen LogP contribution in [-0.2, 0) is 9.45 Å². The van der Waals surface area contributed by atoms with Crippen molar-refractivity contribution in [3.05, 3.63) is 60.7 Å². The molecule has 0 fully saturated rings. The molecule has 0 amide bonds. The van der Waals surface area contributed by atoms with E-state index in [4.69, 9.17) is 10.4 Å². The van der Waals surface area contributed by atoms with Crippen molar-refractivity contribution in [2.24, 2.45) is 5.73 Å². The van der Waals surface area contributed by atoms with E-state index in [0.717, 1.165) is 23.8 Å². The summed E-state index contributed by atoms with van der Waals surface area (Å²) >= 11 is 0. The Morgan fingerprint density at radius 3 is 2.00 bits per heavy atom. The number of benzene rings is 2. The van der Waals surface area contributed by atoms with E-state index in [-0.39, 0.29) is 5.97 Å². The normalized spacial score (nSPS) is 11.7. The molecule has 2 aromatic carbocycles. The quantitative estimate of drug-likeness (QED) is 0.793. The number of hydrogen-bond acceptors (Lipinski definition) is 3. The predicted molar refractivity (Wildman–Crippen MR) is 91.5 cm³/mol. The number of carbonyl (C=O) groups excluding carboxylic acids is 1. The number of nitrogens with two attached hydrogens (primary N) is 1. The fraction of sp³-hybridized carbons (Fsp3) is 0.278. The number of hydrogen-bond donors (Lipinski definition) is 1. The van der Waals surface area contributed by atoms with E-state index in [2.05, 4.69) is 6.92 Å². The maximum absolute atomic E-state index is 12.3. The van der Waals surface area contributed by atoms with E-state index in [9.17, 15) is 4.79 Å². The summed E-state index contributed by atoms with van der Waals surface area (Å²) in [6, 6.07) is 18.9. The highest BCUT2D eigenvalue weighted by molar-refractivity contribution is 6.81. The molecule has 2 rings (SSSR count). The molecule has 22 heavy (non-hydrogen) atoms. The third-order valence-corrected chi connectivity index (χ3v) is 3.61. The number of unbranched alkanes of at least 4 members (excludes halogenated alkanes) is 1. The standard InChI is InChI=1S/C18H22BNO2/c1-2-3-14-17(20)18(21)22-19(15-10-6-4-7-11-15)16-12-8-5-9-13-16/h4-13,17H,2-3,14,20H2,1H3. The maximum atomic E-state index is 12.3. The van der Waals surface area contributed by atoms with Gasteiger partial charge in [0, 0.05) is 0 Å². The van der Waals surface area contributed by atoms with Gasteiger partial charge in [-0.2, -0.15) is 0 Å². The average molecular weight is 295 g/mol. The summed E-state index contributed by atoms with van der Waals surface area (Å²) in [4.78, 5) is 12.3. The first-order valence-electron chi connectivity index (χ1n) is 7.78. The minimum atomic E-state index is -0.560. The lowest BCUT2D eigenvalue weighted by Gasteiger charge is -2.18. The molecule has 3 nitrogen and oxygen atoms in total. The molecule has 1 unspecified atom stereocenters. The summed E-state index contributed by atoms with van der Waals surface area (Å²) in [7, 11) is 0. The van der Waals surface area contributed by atoms with Gasteiger partial charge in [-0.1, -0.05) is 80.4 Å². The van der Waals surface area contributed by atoms with Gasteiger partial charge in [0.2, 0.25) is 0 Å². The second kappa shape index (κ2) is 8.40. The number of carbonyl (C=O) groups is 1. The lowest BCUT2D eigenvalue weighted by atomic mass is 9.55. The molecule has 1 atom stereocenters. The van der Waals surface area contributed by atoms with E-state index in [1.807, 2.05) is 60.7 Å². The van der Waals surface area contributed by atoms with E-state index in [0.29, 0.717) is 6.42 Å². The van der Waals surface area contributed by atoms with Crippen LogP contribution < -0.4 is 16.7 Å². The van der Waals surface area contributed by atoms with E-state index < -0.39 is 13.0 Å². The van der Waals surface area contributed by atoms with Crippen LogP contribution in [-0.4, -0.2) is 18.9 Å². The van der Waals surface area contributed by atoms with Crippen LogP contribution in [0.3, 0.4) is 0 Å². The monoisotopic (exact) mass is 295 g/mol. The second-order valence-corrected chi connectivity index (χ2v) is 5.39. The zero-order valence-corrected chi connectivity index (χ0v) is 12.9. The van der Waals surface area contributed by atoms with Gasteiger partial charge in [-0.3, -0.25) is 4.79 Å². The average Bonchev–Trinajstić information content (AvgIpc) is 2.58. The van der Waals surface area contributed by atoms with Gasteiger partial charge >= 0.3 is 12.9 Å². The van der Waals surface area contributed by atoms with Crippen molar-refractivity contribution < 1.29 is 9.45 Å². The third kappa shape index (κ3) is 4.47. The molecule has 0 bridgehead atoms. The van der Waals surface area contributed by atoms with Crippen molar-refractivity contribution in [3.8, 4) is 0 Å². The molecule has 2 N–H and O–H groups in total. The molecule has 0 aromatic heterocycles. The van der Waals surface area contributed by atoms with Crippen molar-refractivity contribution >= 4 is 23.8 Å². The first-order valence-corrected chi connectivity index (χ1v) is 7.78. The molecule has 2 aromatic rings. The predicted octanol–water partition coefficient (Wildman–Crippen LogP) is 1.85. The molecular weight excluding hydrogens is 273 g/mol. The van der Waals surface area contributed by atoms with E-state index >= 15 is 0 Å². The molecule has 0 aliphatic rings. The van der Waals surface area contributed by atoms with Crippen molar-refractivity contribution in [3.63, 3.8) is 0 Å². The molecule has 0 saturated carbocycles. The fourth-order valence-electron chi connectivity index (χ4n) is 2.33. The van der Waals surface area contributed by atoms with Crippen LogP contribution in [0.5, 0.6) is 0 Å². The minimum Gasteiger partial charge on any atom is -0.525 e. The topological polar surface area (TPSA) is 52.3 Å². The number of rotatable bonds is 7.